The molecule has 0 radical (unpaired) electrons. The molecule has 23 heavy (non-hydrogen) atoms. The van der Waals surface area contributed by atoms with Crippen molar-refractivity contribution in [3.05, 3.63) is 28.8 Å². The van der Waals surface area contributed by atoms with Gasteiger partial charge in [-0.1, -0.05) is 37.9 Å². The van der Waals surface area contributed by atoms with Crippen molar-refractivity contribution >= 4 is 23.5 Å². The van der Waals surface area contributed by atoms with Gasteiger partial charge in [0.25, 0.3) is 0 Å². The fourth-order valence-electron chi connectivity index (χ4n) is 2.05. The first-order valence-electron chi connectivity index (χ1n) is 7.33. The number of aliphatic imine (C=N–C) groups is 1. The highest BCUT2D eigenvalue weighted by Gasteiger charge is 2.43. The van der Waals surface area contributed by atoms with Crippen molar-refractivity contribution in [1.29, 1.82) is 0 Å². The summed E-state index contributed by atoms with van der Waals surface area (Å²) in [5.74, 6) is 0.109. The number of nitrogens with two attached hydrogens (primary N) is 1. The Balaban J connectivity index is 2.29. The first-order valence-corrected chi connectivity index (χ1v) is 7.71. The van der Waals surface area contributed by atoms with Gasteiger partial charge in [0.2, 0.25) is 0 Å². The number of fused-ring (bicyclic) bond motifs is 1. The van der Waals surface area contributed by atoms with Crippen molar-refractivity contribution in [2.24, 2.45) is 16.6 Å². The van der Waals surface area contributed by atoms with Gasteiger partial charge in [-0.2, -0.15) is 0 Å². The van der Waals surface area contributed by atoms with E-state index >= 15 is 0 Å². The number of allylic oxidation sites excluding steroid dienone is 1. The maximum Gasteiger partial charge on any atom is 0.586 e. The summed E-state index contributed by atoms with van der Waals surface area (Å²) >= 11 is 6.15. The smallest absolute Gasteiger partial charge is 0.395 e. The summed E-state index contributed by atoms with van der Waals surface area (Å²) in [6.07, 6.45) is 0.612. The fourth-order valence-corrected chi connectivity index (χ4v) is 2.30. The third-order valence-corrected chi connectivity index (χ3v) is 4.04. The number of benzene rings is 1. The Labute approximate surface area is 138 Å². The van der Waals surface area contributed by atoms with Gasteiger partial charge in [0.05, 0.1) is 10.7 Å². The van der Waals surface area contributed by atoms with Crippen LogP contribution in [0, 0.1) is 5.92 Å². The molecule has 0 spiro atoms. The van der Waals surface area contributed by atoms with Crippen LogP contribution >= 0.6 is 11.6 Å². The van der Waals surface area contributed by atoms with Crippen molar-refractivity contribution in [2.75, 3.05) is 0 Å². The Bertz CT molecular complexity index is 647. The Hall–Kier alpha value is -1.66. The standard InChI is InChI=1S/C16H19ClF2N2O2/c1-4-9(3)12(20)8-21-13(5-2)10-6-14-15(7-11(10)17)23-16(18,19)22-14/h5-9,12H,4,20H2,1-3H3. The molecule has 126 valence electrons. The second-order valence-electron chi connectivity index (χ2n) is 5.36. The normalized spacial score (nSPS) is 19.2. The number of halogens is 3. The zero-order chi connectivity index (χ0) is 17.2. The molecule has 0 aromatic heterocycles. The van der Waals surface area contributed by atoms with E-state index in [0.29, 0.717) is 11.3 Å². The predicted molar refractivity (Wildman–Crippen MR) is 87.2 cm³/mol. The molecular weight excluding hydrogens is 326 g/mol. The van der Waals surface area contributed by atoms with E-state index in [1.165, 1.54) is 12.1 Å². The van der Waals surface area contributed by atoms with E-state index in [4.69, 9.17) is 17.3 Å². The summed E-state index contributed by atoms with van der Waals surface area (Å²) in [7, 11) is 0. The van der Waals surface area contributed by atoms with Crippen LogP contribution in [0.25, 0.3) is 5.70 Å². The van der Waals surface area contributed by atoms with Crippen LogP contribution in [0.3, 0.4) is 0 Å². The van der Waals surface area contributed by atoms with Gasteiger partial charge in [0, 0.05) is 23.9 Å². The molecule has 0 fully saturated rings. The largest absolute Gasteiger partial charge is 0.586 e. The summed E-state index contributed by atoms with van der Waals surface area (Å²) in [4.78, 5) is 4.35. The molecule has 0 saturated carbocycles. The second-order valence-corrected chi connectivity index (χ2v) is 5.77. The van der Waals surface area contributed by atoms with Crippen LogP contribution in [0.2, 0.25) is 5.02 Å². The summed E-state index contributed by atoms with van der Waals surface area (Å²) in [5.41, 5.74) is 7.02. The maximum absolute atomic E-state index is 13.1. The van der Waals surface area contributed by atoms with E-state index in [1.807, 2.05) is 13.8 Å². The highest BCUT2D eigenvalue weighted by molar-refractivity contribution is 6.32. The SMILES string of the molecule is CC=C(N=CC(N)C(C)CC)c1cc2c(cc1Cl)OC(F)(F)O2. The van der Waals surface area contributed by atoms with E-state index < -0.39 is 6.29 Å². The van der Waals surface area contributed by atoms with Gasteiger partial charge in [-0.05, 0) is 18.9 Å². The molecule has 0 saturated heterocycles. The molecule has 1 heterocycles. The van der Waals surface area contributed by atoms with Crippen molar-refractivity contribution in [1.82, 2.24) is 0 Å². The topological polar surface area (TPSA) is 56.8 Å². The molecule has 2 atom stereocenters. The van der Waals surface area contributed by atoms with Crippen molar-refractivity contribution in [3.63, 3.8) is 0 Å². The van der Waals surface area contributed by atoms with Crippen LogP contribution in [-0.4, -0.2) is 18.6 Å². The zero-order valence-electron chi connectivity index (χ0n) is 13.1. The first-order chi connectivity index (χ1) is 10.8. The molecule has 0 bridgehead atoms. The van der Waals surface area contributed by atoms with Crippen LogP contribution in [0.1, 0.15) is 32.8 Å². The second kappa shape index (κ2) is 6.84. The van der Waals surface area contributed by atoms with Gasteiger partial charge < -0.3 is 15.2 Å². The predicted octanol–water partition coefficient (Wildman–Crippen LogP) is 4.47. The highest BCUT2D eigenvalue weighted by atomic mass is 35.5. The van der Waals surface area contributed by atoms with Crippen molar-refractivity contribution in [2.45, 2.75) is 39.5 Å². The zero-order valence-corrected chi connectivity index (χ0v) is 13.9. The van der Waals surface area contributed by atoms with Gasteiger partial charge in [-0.3, -0.25) is 4.99 Å². The minimum Gasteiger partial charge on any atom is -0.395 e. The van der Waals surface area contributed by atoms with Crippen molar-refractivity contribution < 1.29 is 18.3 Å². The van der Waals surface area contributed by atoms with Crippen molar-refractivity contribution in [3.8, 4) is 11.5 Å². The lowest BCUT2D eigenvalue weighted by Crippen LogP contribution is -2.29. The van der Waals surface area contributed by atoms with Crippen LogP contribution in [0.5, 0.6) is 11.5 Å². The van der Waals surface area contributed by atoms with E-state index in [1.54, 1.807) is 19.2 Å². The molecule has 1 aliphatic rings. The molecule has 1 aliphatic heterocycles. The monoisotopic (exact) mass is 344 g/mol. The Morgan fingerprint density at radius 1 is 1.39 bits per heavy atom. The number of alkyl halides is 2. The Morgan fingerprint density at radius 2 is 2.00 bits per heavy atom. The van der Waals surface area contributed by atoms with Gasteiger partial charge in [0.1, 0.15) is 0 Å². The van der Waals surface area contributed by atoms with Gasteiger partial charge >= 0.3 is 6.29 Å². The van der Waals surface area contributed by atoms with Crippen LogP contribution < -0.4 is 15.2 Å². The molecule has 2 N–H and O–H groups in total. The molecule has 2 rings (SSSR count). The van der Waals surface area contributed by atoms with Gasteiger partial charge in [0.15, 0.2) is 11.5 Å². The molecule has 0 amide bonds. The Morgan fingerprint density at radius 3 is 2.57 bits per heavy atom. The van der Waals surface area contributed by atoms with E-state index in [-0.39, 0.29) is 28.5 Å². The fraction of sp³-hybridized carbons (Fsp3) is 0.438. The lowest BCUT2D eigenvalue weighted by Gasteiger charge is -2.13. The quantitative estimate of drug-likeness (QED) is 0.802. The minimum absolute atomic E-state index is 0.0739. The summed E-state index contributed by atoms with van der Waals surface area (Å²) in [6.45, 7) is 5.85. The molecule has 1 aromatic carbocycles. The van der Waals surface area contributed by atoms with Crippen LogP contribution in [-0.2, 0) is 0 Å². The average Bonchev–Trinajstić information content (AvgIpc) is 2.79. The minimum atomic E-state index is -3.68. The molecule has 7 heteroatoms. The van der Waals surface area contributed by atoms with Crippen LogP contribution in [0.4, 0.5) is 8.78 Å². The number of hydrogen-bond acceptors (Lipinski definition) is 4. The van der Waals surface area contributed by atoms with Gasteiger partial charge in [-0.15, -0.1) is 8.78 Å². The Kier molecular flexibility index (Phi) is 5.26. The molecule has 4 nitrogen and oxygen atoms in total. The molecule has 2 unspecified atom stereocenters. The first kappa shape index (κ1) is 17.7. The number of hydrogen-bond donors (Lipinski definition) is 1. The summed E-state index contributed by atoms with van der Waals surface area (Å²) in [6, 6.07) is 2.48. The number of rotatable bonds is 5. The third-order valence-electron chi connectivity index (χ3n) is 3.73. The highest BCUT2D eigenvalue weighted by Crippen LogP contribution is 2.45. The summed E-state index contributed by atoms with van der Waals surface area (Å²) < 4.78 is 35.1. The molecule has 1 aromatic rings. The lowest BCUT2D eigenvalue weighted by molar-refractivity contribution is -0.286. The molecule has 0 aliphatic carbocycles. The van der Waals surface area contributed by atoms with Gasteiger partial charge in [-0.25, -0.2) is 0 Å². The van der Waals surface area contributed by atoms with Crippen LogP contribution in [0.15, 0.2) is 23.2 Å². The summed E-state index contributed by atoms with van der Waals surface area (Å²) in [5, 5.41) is 0.243. The van der Waals surface area contributed by atoms with E-state index in [9.17, 15) is 8.78 Å². The average molecular weight is 345 g/mol. The third kappa shape index (κ3) is 4.00. The number of nitrogens with zero attached hydrogens (tertiary/aromatic N) is 1. The van der Waals surface area contributed by atoms with E-state index in [0.717, 1.165) is 6.42 Å². The lowest BCUT2D eigenvalue weighted by atomic mass is 10.0. The van der Waals surface area contributed by atoms with E-state index in [2.05, 4.69) is 14.5 Å². The maximum atomic E-state index is 13.1. The number of ether oxygens (including phenoxy) is 2. The molecular formula is C16H19ClF2N2O2.